The maximum absolute atomic E-state index is 6.26. The average molecular weight is 321 g/mol. The van der Waals surface area contributed by atoms with E-state index >= 15 is 0 Å². The van der Waals surface area contributed by atoms with Gasteiger partial charge in [0.25, 0.3) is 0 Å². The summed E-state index contributed by atoms with van der Waals surface area (Å²) < 4.78 is 10.5. The molecule has 102 valence electrons. The SMILES string of the molecule is CNC(c1ccc(Cl)o1)c1cc(Cl)c(OC)cc1Cl. The molecule has 6 heteroatoms. The number of furan rings is 1. The van der Waals surface area contributed by atoms with E-state index in [-0.39, 0.29) is 6.04 Å². The summed E-state index contributed by atoms with van der Waals surface area (Å²) in [4.78, 5) is 0. The molecular weight excluding hydrogens is 309 g/mol. The summed E-state index contributed by atoms with van der Waals surface area (Å²) in [5.41, 5.74) is 0.793. The van der Waals surface area contributed by atoms with Gasteiger partial charge < -0.3 is 14.5 Å². The maximum Gasteiger partial charge on any atom is 0.193 e. The molecule has 0 aliphatic rings. The molecule has 0 saturated carbocycles. The molecule has 1 aromatic heterocycles. The normalized spacial score (nSPS) is 12.5. The lowest BCUT2D eigenvalue weighted by atomic mass is 10.0. The van der Waals surface area contributed by atoms with Gasteiger partial charge >= 0.3 is 0 Å². The lowest BCUT2D eigenvalue weighted by Gasteiger charge is -2.17. The zero-order valence-corrected chi connectivity index (χ0v) is 12.6. The minimum atomic E-state index is -0.233. The molecule has 0 radical (unpaired) electrons. The number of benzene rings is 1. The van der Waals surface area contributed by atoms with E-state index in [2.05, 4.69) is 5.32 Å². The van der Waals surface area contributed by atoms with Crippen LogP contribution in [0.25, 0.3) is 0 Å². The van der Waals surface area contributed by atoms with E-state index in [1.807, 2.05) is 0 Å². The number of hydrogen-bond donors (Lipinski definition) is 1. The second-order valence-corrected chi connectivity index (χ2v) is 5.06. The summed E-state index contributed by atoms with van der Waals surface area (Å²) in [5.74, 6) is 1.19. The Bertz CT molecular complexity index is 583. The van der Waals surface area contributed by atoms with Crippen molar-refractivity contribution in [3.05, 3.63) is 50.9 Å². The number of halogens is 3. The van der Waals surface area contributed by atoms with Crippen LogP contribution in [0.5, 0.6) is 5.75 Å². The van der Waals surface area contributed by atoms with Crippen molar-refractivity contribution in [1.29, 1.82) is 0 Å². The van der Waals surface area contributed by atoms with E-state index in [4.69, 9.17) is 44.0 Å². The van der Waals surface area contributed by atoms with Gasteiger partial charge in [0, 0.05) is 11.1 Å². The van der Waals surface area contributed by atoms with E-state index in [0.29, 0.717) is 26.8 Å². The third-order valence-corrected chi connectivity index (χ3v) is 3.58. The van der Waals surface area contributed by atoms with Crippen LogP contribution in [0.15, 0.2) is 28.7 Å². The van der Waals surface area contributed by atoms with Crippen molar-refractivity contribution in [3.8, 4) is 5.75 Å². The first-order chi connectivity index (χ1) is 9.06. The van der Waals surface area contributed by atoms with Crippen LogP contribution in [0, 0.1) is 0 Å². The number of rotatable bonds is 4. The zero-order valence-electron chi connectivity index (χ0n) is 10.3. The Kier molecular flexibility index (Phi) is 4.63. The van der Waals surface area contributed by atoms with E-state index in [0.717, 1.165) is 5.56 Å². The fourth-order valence-electron chi connectivity index (χ4n) is 1.86. The summed E-state index contributed by atoms with van der Waals surface area (Å²) in [6.07, 6.45) is 0. The first-order valence-electron chi connectivity index (χ1n) is 5.52. The summed E-state index contributed by atoms with van der Waals surface area (Å²) >= 11 is 18.2. The topological polar surface area (TPSA) is 34.4 Å². The molecule has 19 heavy (non-hydrogen) atoms. The van der Waals surface area contributed by atoms with E-state index in [1.54, 1.807) is 38.4 Å². The van der Waals surface area contributed by atoms with Gasteiger partial charge in [0.2, 0.25) is 0 Å². The molecule has 1 atom stereocenters. The molecule has 2 rings (SSSR count). The van der Waals surface area contributed by atoms with Crippen molar-refractivity contribution in [2.45, 2.75) is 6.04 Å². The molecule has 1 aromatic carbocycles. The van der Waals surface area contributed by atoms with E-state index in [1.165, 1.54) is 0 Å². The van der Waals surface area contributed by atoms with Gasteiger partial charge in [-0.15, -0.1) is 0 Å². The third-order valence-electron chi connectivity index (χ3n) is 2.75. The van der Waals surface area contributed by atoms with Crippen molar-refractivity contribution in [1.82, 2.24) is 5.32 Å². The molecule has 1 N–H and O–H groups in total. The molecule has 1 heterocycles. The third kappa shape index (κ3) is 3.00. The molecule has 0 aliphatic carbocycles. The number of nitrogens with one attached hydrogen (secondary N) is 1. The van der Waals surface area contributed by atoms with Crippen molar-refractivity contribution >= 4 is 34.8 Å². The first-order valence-corrected chi connectivity index (χ1v) is 6.65. The molecule has 3 nitrogen and oxygen atoms in total. The highest BCUT2D eigenvalue weighted by Gasteiger charge is 2.20. The van der Waals surface area contributed by atoms with Gasteiger partial charge in [-0.1, -0.05) is 23.2 Å². The van der Waals surface area contributed by atoms with Gasteiger partial charge in [0.05, 0.1) is 18.2 Å². The highest BCUT2D eigenvalue weighted by Crippen LogP contribution is 2.36. The van der Waals surface area contributed by atoms with Gasteiger partial charge in [-0.05, 0) is 42.4 Å². The fourth-order valence-corrected chi connectivity index (χ4v) is 2.52. The van der Waals surface area contributed by atoms with Crippen molar-refractivity contribution < 1.29 is 9.15 Å². The predicted molar refractivity (Wildman–Crippen MR) is 77.6 cm³/mol. The van der Waals surface area contributed by atoms with Crippen LogP contribution in [0.3, 0.4) is 0 Å². The molecule has 0 spiro atoms. The van der Waals surface area contributed by atoms with Crippen LogP contribution < -0.4 is 10.1 Å². The molecule has 1 unspecified atom stereocenters. The molecule has 2 aromatic rings. The maximum atomic E-state index is 6.26. The van der Waals surface area contributed by atoms with Gasteiger partial charge in [0.15, 0.2) is 5.22 Å². The summed E-state index contributed by atoms with van der Waals surface area (Å²) in [7, 11) is 3.34. The van der Waals surface area contributed by atoms with Crippen LogP contribution in [0.2, 0.25) is 15.3 Å². The molecule has 0 saturated heterocycles. The number of hydrogen-bond acceptors (Lipinski definition) is 3. The van der Waals surface area contributed by atoms with Crippen LogP contribution in [-0.4, -0.2) is 14.2 Å². The second kappa shape index (κ2) is 6.06. The molecule has 0 amide bonds. The summed E-state index contributed by atoms with van der Waals surface area (Å²) in [5, 5.41) is 4.46. The van der Waals surface area contributed by atoms with Crippen LogP contribution in [-0.2, 0) is 0 Å². The minimum absolute atomic E-state index is 0.233. The number of methoxy groups -OCH3 is 1. The van der Waals surface area contributed by atoms with Crippen LogP contribution in [0.1, 0.15) is 17.4 Å². The van der Waals surface area contributed by atoms with Crippen molar-refractivity contribution in [2.75, 3.05) is 14.2 Å². The van der Waals surface area contributed by atoms with E-state index in [9.17, 15) is 0 Å². The van der Waals surface area contributed by atoms with Crippen LogP contribution in [0.4, 0.5) is 0 Å². The van der Waals surface area contributed by atoms with Crippen molar-refractivity contribution in [3.63, 3.8) is 0 Å². The number of ether oxygens (including phenoxy) is 1. The lowest BCUT2D eigenvalue weighted by Crippen LogP contribution is -2.17. The monoisotopic (exact) mass is 319 g/mol. The Morgan fingerprint density at radius 3 is 2.42 bits per heavy atom. The minimum Gasteiger partial charge on any atom is -0.495 e. The predicted octanol–water partition coefficient (Wildman–Crippen LogP) is 4.56. The van der Waals surface area contributed by atoms with Gasteiger partial charge in [-0.3, -0.25) is 0 Å². The summed E-state index contributed by atoms with van der Waals surface area (Å²) in [6.45, 7) is 0. The van der Waals surface area contributed by atoms with E-state index < -0.39 is 0 Å². The van der Waals surface area contributed by atoms with Gasteiger partial charge in [-0.25, -0.2) is 0 Å². The Hall–Kier alpha value is -0.870. The summed E-state index contributed by atoms with van der Waals surface area (Å²) in [6, 6.07) is 6.66. The zero-order chi connectivity index (χ0) is 14.0. The first kappa shape index (κ1) is 14.5. The average Bonchev–Trinajstić information content (AvgIpc) is 2.80. The quantitative estimate of drug-likeness (QED) is 0.897. The lowest BCUT2D eigenvalue weighted by molar-refractivity contribution is 0.414. The second-order valence-electron chi connectivity index (χ2n) is 3.87. The largest absolute Gasteiger partial charge is 0.495 e. The highest BCUT2D eigenvalue weighted by molar-refractivity contribution is 6.34. The Morgan fingerprint density at radius 1 is 1.16 bits per heavy atom. The highest BCUT2D eigenvalue weighted by atomic mass is 35.5. The Balaban J connectivity index is 2.47. The van der Waals surface area contributed by atoms with Gasteiger partial charge in [0.1, 0.15) is 11.5 Å². The Morgan fingerprint density at radius 2 is 1.89 bits per heavy atom. The van der Waals surface area contributed by atoms with Crippen LogP contribution >= 0.6 is 34.8 Å². The molecule has 0 bridgehead atoms. The molecule has 0 fully saturated rings. The molecule has 0 aliphatic heterocycles. The van der Waals surface area contributed by atoms with Crippen molar-refractivity contribution in [2.24, 2.45) is 0 Å². The van der Waals surface area contributed by atoms with Gasteiger partial charge in [-0.2, -0.15) is 0 Å². The fraction of sp³-hybridized carbons (Fsp3) is 0.231. The standard InChI is InChI=1S/C13H12Cl3NO2/c1-17-13(10-3-4-12(16)19-10)7-5-9(15)11(18-2)6-8(7)14/h3-6,13,17H,1-2H3. The smallest absolute Gasteiger partial charge is 0.193 e. The Labute approximate surface area is 126 Å². The molecular formula is C13H12Cl3NO2.